The molecule has 10 heteroatoms. The van der Waals surface area contributed by atoms with E-state index in [1.54, 1.807) is 0 Å². The van der Waals surface area contributed by atoms with Crippen molar-refractivity contribution in [1.29, 1.82) is 0 Å². The van der Waals surface area contributed by atoms with Crippen molar-refractivity contribution in [3.8, 4) is 0 Å². The molecule has 0 aliphatic carbocycles. The summed E-state index contributed by atoms with van der Waals surface area (Å²) < 4.78 is 62.5. The number of unbranched alkanes of at least 4 members (excludes halogenated alkanes) is 1. The minimum absolute atomic E-state index is 0.0559. The average Bonchev–Trinajstić information content (AvgIpc) is 2.84. The quantitative estimate of drug-likeness (QED) is 0.796. The van der Waals surface area contributed by atoms with Crippen LogP contribution in [0.5, 0.6) is 0 Å². The number of alkyl halides is 3. The van der Waals surface area contributed by atoms with Crippen LogP contribution >= 0.6 is 11.3 Å². The first-order valence-electron chi connectivity index (χ1n) is 6.00. The molecule has 5 nitrogen and oxygen atoms in total. The molecule has 1 aromatic rings. The highest BCUT2D eigenvalue weighted by molar-refractivity contribution is 7.91. The van der Waals surface area contributed by atoms with Gasteiger partial charge in [-0.25, -0.2) is 8.42 Å². The van der Waals surface area contributed by atoms with Gasteiger partial charge in [0.1, 0.15) is 15.1 Å². The highest BCUT2D eigenvalue weighted by Gasteiger charge is 2.35. The van der Waals surface area contributed by atoms with E-state index in [1.165, 1.54) is 0 Å². The van der Waals surface area contributed by atoms with Crippen LogP contribution in [0.4, 0.5) is 13.2 Å². The molecule has 1 aromatic heterocycles. The third kappa shape index (κ3) is 4.97. The van der Waals surface area contributed by atoms with Crippen LogP contribution < -0.4 is 4.72 Å². The van der Waals surface area contributed by atoms with Crippen LogP contribution in [0.2, 0.25) is 0 Å². The summed E-state index contributed by atoms with van der Waals surface area (Å²) in [6, 6.07) is 0.113. The number of thiophene rings is 1. The second-order valence-corrected chi connectivity index (χ2v) is 7.30. The van der Waals surface area contributed by atoms with E-state index < -0.39 is 37.3 Å². The molecule has 0 spiro atoms. The number of carboxylic acids is 1. The number of sulfonamides is 1. The number of hydrogen-bond acceptors (Lipinski definition) is 4. The summed E-state index contributed by atoms with van der Waals surface area (Å²) in [7, 11) is -4.29. The van der Waals surface area contributed by atoms with Gasteiger partial charge in [0, 0.05) is 0 Å². The minimum atomic E-state index is -4.63. The molecule has 120 valence electrons. The normalized spacial score (nSPS) is 14.1. The third-order valence-electron chi connectivity index (χ3n) is 2.57. The van der Waals surface area contributed by atoms with Gasteiger partial charge in [-0.1, -0.05) is 19.8 Å². The molecular formula is C11H14F3NO4S2. The molecule has 1 heterocycles. The second kappa shape index (κ2) is 6.75. The van der Waals surface area contributed by atoms with Crippen molar-refractivity contribution in [2.75, 3.05) is 0 Å². The zero-order valence-electron chi connectivity index (χ0n) is 11.0. The Morgan fingerprint density at radius 1 is 1.43 bits per heavy atom. The molecule has 1 atom stereocenters. The Labute approximate surface area is 123 Å². The van der Waals surface area contributed by atoms with Crippen molar-refractivity contribution in [3.05, 3.63) is 17.0 Å². The monoisotopic (exact) mass is 345 g/mol. The second-order valence-electron chi connectivity index (χ2n) is 4.27. The lowest BCUT2D eigenvalue weighted by atomic mass is 10.1. The molecule has 0 aliphatic rings. The van der Waals surface area contributed by atoms with Gasteiger partial charge in [-0.2, -0.15) is 17.9 Å². The van der Waals surface area contributed by atoms with Crippen LogP contribution in [0.15, 0.2) is 16.3 Å². The lowest BCUT2D eigenvalue weighted by Gasteiger charge is -2.13. The molecule has 0 amide bonds. The smallest absolute Gasteiger partial charge is 0.425 e. The molecule has 0 fully saturated rings. The molecule has 2 N–H and O–H groups in total. The van der Waals surface area contributed by atoms with Crippen molar-refractivity contribution in [3.63, 3.8) is 0 Å². The summed E-state index contributed by atoms with van der Waals surface area (Å²) in [6.45, 7) is 1.81. The number of carbonyl (C=O) groups is 1. The molecule has 0 aliphatic heterocycles. The van der Waals surface area contributed by atoms with Gasteiger partial charge >= 0.3 is 12.1 Å². The van der Waals surface area contributed by atoms with E-state index in [9.17, 15) is 26.4 Å². The lowest BCUT2D eigenvalue weighted by Crippen LogP contribution is -2.40. The van der Waals surface area contributed by atoms with E-state index >= 15 is 0 Å². The molecule has 0 bridgehead atoms. The van der Waals surface area contributed by atoms with Crippen molar-refractivity contribution in [2.45, 2.75) is 42.6 Å². The number of carboxylic acid groups (broad SMARTS) is 1. The maximum Gasteiger partial charge on any atom is 0.425 e. The van der Waals surface area contributed by atoms with Gasteiger partial charge in [-0.05, 0) is 18.6 Å². The summed E-state index contributed by atoms with van der Waals surface area (Å²) in [6.07, 6.45) is -3.41. The first-order chi connectivity index (χ1) is 9.58. The van der Waals surface area contributed by atoms with E-state index in [4.69, 9.17) is 5.11 Å². The van der Waals surface area contributed by atoms with E-state index in [-0.39, 0.29) is 17.8 Å². The maximum absolute atomic E-state index is 12.4. The summed E-state index contributed by atoms with van der Waals surface area (Å²) in [5.74, 6) is -1.36. The van der Waals surface area contributed by atoms with Gasteiger partial charge in [0.05, 0.1) is 0 Å². The number of halogens is 3. The average molecular weight is 345 g/mol. The number of aliphatic carboxylic acids is 1. The standard InChI is InChI=1S/C11H14F3NO4S2/c1-2-3-4-7(10(16)17)15-21(18,19)9-6-5-8(20-9)11(12,13)14/h5-7,15H,2-4H2,1H3,(H,16,17). The van der Waals surface area contributed by atoms with Crippen molar-refractivity contribution >= 4 is 27.3 Å². The zero-order chi connectivity index (χ0) is 16.3. The van der Waals surface area contributed by atoms with Crippen molar-refractivity contribution < 1.29 is 31.5 Å². The highest BCUT2D eigenvalue weighted by atomic mass is 32.2. The number of rotatable bonds is 7. The van der Waals surface area contributed by atoms with Crippen molar-refractivity contribution in [2.24, 2.45) is 0 Å². The van der Waals surface area contributed by atoms with Crippen LogP contribution in [-0.4, -0.2) is 25.5 Å². The SMILES string of the molecule is CCCCC(NS(=O)(=O)c1ccc(C(F)(F)F)s1)C(=O)O. The van der Waals surface area contributed by atoms with Crippen LogP contribution in [0, 0.1) is 0 Å². The Balaban J connectivity index is 2.94. The Kier molecular flexibility index (Phi) is 5.76. The van der Waals surface area contributed by atoms with Gasteiger partial charge in [-0.3, -0.25) is 4.79 Å². The molecule has 0 aromatic carbocycles. The van der Waals surface area contributed by atoms with Crippen LogP contribution in [0.3, 0.4) is 0 Å². The van der Waals surface area contributed by atoms with E-state index in [0.717, 1.165) is 6.07 Å². The maximum atomic E-state index is 12.4. The molecule has 0 saturated carbocycles. The summed E-state index contributed by atoms with van der Waals surface area (Å²) in [4.78, 5) is 9.92. The van der Waals surface area contributed by atoms with Crippen molar-refractivity contribution in [1.82, 2.24) is 4.72 Å². The molecule has 21 heavy (non-hydrogen) atoms. The summed E-state index contributed by atoms with van der Waals surface area (Å²) >= 11 is 0.0559. The predicted octanol–water partition coefficient (Wildman–Crippen LogP) is 2.69. The first-order valence-corrected chi connectivity index (χ1v) is 8.30. The Morgan fingerprint density at radius 3 is 2.48 bits per heavy atom. The van der Waals surface area contributed by atoms with Crippen LogP contribution in [0.25, 0.3) is 0 Å². The topological polar surface area (TPSA) is 83.5 Å². The molecule has 1 unspecified atom stereocenters. The number of nitrogens with one attached hydrogen (secondary N) is 1. The molecule has 0 radical (unpaired) electrons. The first kappa shape index (κ1) is 17.9. The predicted molar refractivity (Wildman–Crippen MR) is 70.6 cm³/mol. The minimum Gasteiger partial charge on any atom is -0.480 e. The van der Waals surface area contributed by atoms with Gasteiger partial charge in [0.25, 0.3) is 10.0 Å². The zero-order valence-corrected chi connectivity index (χ0v) is 12.6. The fourth-order valence-electron chi connectivity index (χ4n) is 1.50. The Morgan fingerprint density at radius 2 is 2.05 bits per heavy atom. The number of hydrogen-bond donors (Lipinski definition) is 2. The summed E-state index contributed by atoms with van der Waals surface area (Å²) in [5.41, 5.74) is 0. The Hall–Kier alpha value is -1.13. The molecular weight excluding hydrogens is 331 g/mol. The van der Waals surface area contributed by atoms with E-state index in [0.29, 0.717) is 18.9 Å². The summed E-state index contributed by atoms with van der Waals surface area (Å²) in [5, 5.41) is 8.94. The molecule has 1 rings (SSSR count). The highest BCUT2D eigenvalue weighted by Crippen LogP contribution is 2.36. The fraction of sp³-hybridized carbons (Fsp3) is 0.545. The van der Waals surface area contributed by atoms with Crippen LogP contribution in [-0.2, 0) is 21.0 Å². The van der Waals surface area contributed by atoms with E-state index in [2.05, 4.69) is 0 Å². The Bertz CT molecular complexity index is 595. The fourth-order valence-corrected chi connectivity index (χ4v) is 3.92. The van der Waals surface area contributed by atoms with Gasteiger partial charge < -0.3 is 5.11 Å². The van der Waals surface area contributed by atoms with Gasteiger partial charge in [0.15, 0.2) is 0 Å². The largest absolute Gasteiger partial charge is 0.480 e. The van der Waals surface area contributed by atoms with E-state index in [1.807, 2.05) is 11.6 Å². The third-order valence-corrected chi connectivity index (χ3v) is 5.66. The van der Waals surface area contributed by atoms with Crippen LogP contribution in [0.1, 0.15) is 31.1 Å². The van der Waals surface area contributed by atoms with Gasteiger partial charge in [-0.15, -0.1) is 11.3 Å². The lowest BCUT2D eigenvalue weighted by molar-refractivity contribution is -0.139. The van der Waals surface area contributed by atoms with Gasteiger partial charge in [0.2, 0.25) is 0 Å². The molecule has 0 saturated heterocycles.